The Bertz CT molecular complexity index is 307. The maximum Gasteiger partial charge on any atom is 0.310 e. The van der Waals surface area contributed by atoms with E-state index in [1.54, 1.807) is 6.92 Å². The van der Waals surface area contributed by atoms with Crippen molar-refractivity contribution in [2.24, 2.45) is 17.8 Å². The number of hydrogen-bond acceptors (Lipinski definition) is 3. The molecule has 0 aromatic rings. The van der Waals surface area contributed by atoms with Gasteiger partial charge in [0.15, 0.2) is 0 Å². The number of aliphatic carboxylic acids is 1. The highest BCUT2D eigenvalue weighted by molar-refractivity contribution is 5.83. The van der Waals surface area contributed by atoms with Gasteiger partial charge in [-0.3, -0.25) is 9.59 Å². The fraction of sp³-hybridized carbons (Fsp3) is 0.600. The van der Waals surface area contributed by atoms with Crippen LogP contribution in [0, 0.1) is 17.8 Å². The van der Waals surface area contributed by atoms with Crippen molar-refractivity contribution in [1.82, 2.24) is 0 Å². The second-order valence-corrected chi connectivity index (χ2v) is 3.85. The number of rotatable bonds is 1. The van der Waals surface area contributed by atoms with Gasteiger partial charge in [-0.25, -0.2) is 0 Å². The van der Waals surface area contributed by atoms with Crippen molar-refractivity contribution in [3.63, 3.8) is 0 Å². The van der Waals surface area contributed by atoms with Crippen LogP contribution in [-0.2, 0) is 14.3 Å². The molecule has 0 bridgehead atoms. The smallest absolute Gasteiger partial charge is 0.310 e. The zero-order valence-electron chi connectivity index (χ0n) is 7.84. The fourth-order valence-electron chi connectivity index (χ4n) is 2.28. The zero-order chi connectivity index (χ0) is 10.3. The van der Waals surface area contributed by atoms with E-state index in [0.29, 0.717) is 6.42 Å². The Morgan fingerprint density at radius 1 is 1.64 bits per heavy atom. The third-order valence-corrected chi connectivity index (χ3v) is 3.03. The summed E-state index contributed by atoms with van der Waals surface area (Å²) < 4.78 is 5.04. The SMILES string of the molecule is C[C@H]1OC(=O)[C@H]2[C@@H]1C=CC[C@H]2C(=O)O. The molecule has 1 saturated heterocycles. The number of fused-ring (bicyclic) bond motifs is 1. The van der Waals surface area contributed by atoms with E-state index in [1.165, 1.54) is 0 Å². The van der Waals surface area contributed by atoms with Crippen molar-refractivity contribution in [1.29, 1.82) is 0 Å². The van der Waals surface area contributed by atoms with Crippen molar-refractivity contribution < 1.29 is 19.4 Å². The predicted molar refractivity (Wildman–Crippen MR) is 47.4 cm³/mol. The largest absolute Gasteiger partial charge is 0.481 e. The minimum atomic E-state index is -0.907. The van der Waals surface area contributed by atoms with Crippen LogP contribution in [0.5, 0.6) is 0 Å². The highest BCUT2D eigenvalue weighted by Gasteiger charge is 2.49. The molecule has 1 fully saturated rings. The maximum atomic E-state index is 11.4. The van der Waals surface area contributed by atoms with Gasteiger partial charge in [-0.1, -0.05) is 12.2 Å². The minimum absolute atomic E-state index is 0.0580. The summed E-state index contributed by atoms with van der Waals surface area (Å²) in [5.74, 6) is -2.41. The van der Waals surface area contributed by atoms with Crippen LogP contribution in [0.2, 0.25) is 0 Å². The summed E-state index contributed by atoms with van der Waals surface area (Å²) in [7, 11) is 0. The summed E-state index contributed by atoms with van der Waals surface area (Å²) >= 11 is 0. The van der Waals surface area contributed by atoms with Crippen molar-refractivity contribution >= 4 is 11.9 Å². The van der Waals surface area contributed by atoms with E-state index in [1.807, 2.05) is 12.2 Å². The summed E-state index contributed by atoms with van der Waals surface area (Å²) in [5, 5.41) is 8.95. The molecule has 0 unspecified atom stereocenters. The summed E-state index contributed by atoms with van der Waals surface area (Å²) in [6.07, 6.45) is 3.97. The van der Waals surface area contributed by atoms with E-state index in [2.05, 4.69) is 0 Å². The molecule has 0 aromatic carbocycles. The first-order valence-electron chi connectivity index (χ1n) is 4.71. The first kappa shape index (κ1) is 9.24. The van der Waals surface area contributed by atoms with Crippen LogP contribution in [0.3, 0.4) is 0 Å². The van der Waals surface area contributed by atoms with E-state index in [9.17, 15) is 9.59 Å². The highest BCUT2D eigenvalue weighted by atomic mass is 16.6. The van der Waals surface area contributed by atoms with E-state index in [-0.39, 0.29) is 18.0 Å². The average molecular weight is 196 g/mol. The number of esters is 1. The van der Waals surface area contributed by atoms with Gasteiger partial charge in [0.2, 0.25) is 0 Å². The molecule has 0 spiro atoms. The molecule has 4 nitrogen and oxygen atoms in total. The Balaban J connectivity index is 2.30. The van der Waals surface area contributed by atoms with Crippen molar-refractivity contribution in [3.8, 4) is 0 Å². The van der Waals surface area contributed by atoms with E-state index in [0.717, 1.165) is 0 Å². The number of carboxylic acids is 1. The Morgan fingerprint density at radius 3 is 3.00 bits per heavy atom. The van der Waals surface area contributed by atoms with Crippen molar-refractivity contribution in [2.45, 2.75) is 19.4 Å². The first-order chi connectivity index (χ1) is 6.61. The van der Waals surface area contributed by atoms with Crippen molar-refractivity contribution in [3.05, 3.63) is 12.2 Å². The molecule has 4 heteroatoms. The quantitative estimate of drug-likeness (QED) is 0.498. The second-order valence-electron chi connectivity index (χ2n) is 3.85. The Kier molecular flexibility index (Phi) is 2.06. The van der Waals surface area contributed by atoms with Gasteiger partial charge in [-0.15, -0.1) is 0 Å². The number of cyclic esters (lactones) is 1. The predicted octanol–water partition coefficient (Wildman–Crippen LogP) is 0.825. The molecule has 1 aliphatic carbocycles. The zero-order valence-corrected chi connectivity index (χ0v) is 7.84. The molecule has 0 amide bonds. The van der Waals surface area contributed by atoms with Gasteiger partial charge in [0, 0.05) is 5.92 Å². The van der Waals surface area contributed by atoms with Crippen LogP contribution in [0.25, 0.3) is 0 Å². The van der Waals surface area contributed by atoms with Crippen LogP contribution in [0.15, 0.2) is 12.2 Å². The van der Waals surface area contributed by atoms with Gasteiger partial charge in [0.1, 0.15) is 6.10 Å². The third-order valence-electron chi connectivity index (χ3n) is 3.03. The molecule has 0 radical (unpaired) electrons. The summed E-state index contributed by atoms with van der Waals surface area (Å²) in [6.45, 7) is 1.80. The third kappa shape index (κ3) is 1.22. The Morgan fingerprint density at radius 2 is 2.36 bits per heavy atom. The molecular weight excluding hydrogens is 184 g/mol. The lowest BCUT2D eigenvalue weighted by Gasteiger charge is -2.23. The van der Waals surface area contributed by atoms with Crippen LogP contribution in [-0.4, -0.2) is 23.1 Å². The molecule has 1 N–H and O–H groups in total. The molecule has 0 aromatic heterocycles. The van der Waals surface area contributed by atoms with Gasteiger partial charge in [0.05, 0.1) is 11.8 Å². The molecule has 0 saturated carbocycles. The maximum absolute atomic E-state index is 11.4. The van der Waals surface area contributed by atoms with Gasteiger partial charge in [-0.05, 0) is 13.3 Å². The molecular formula is C10H12O4. The average Bonchev–Trinajstić information content (AvgIpc) is 2.43. The Labute approximate surface area is 81.6 Å². The molecule has 14 heavy (non-hydrogen) atoms. The van der Waals surface area contributed by atoms with E-state index in [4.69, 9.17) is 9.84 Å². The summed E-state index contributed by atoms with van der Waals surface area (Å²) in [5.41, 5.74) is 0. The molecule has 2 aliphatic rings. The first-order valence-corrected chi connectivity index (χ1v) is 4.71. The Hall–Kier alpha value is -1.32. The highest BCUT2D eigenvalue weighted by Crippen LogP contribution is 2.39. The second kappa shape index (κ2) is 3.12. The van der Waals surface area contributed by atoms with Gasteiger partial charge in [-0.2, -0.15) is 0 Å². The molecule has 2 rings (SSSR count). The standard InChI is InChI=1S/C10H12O4/c1-5-6-3-2-4-7(9(11)12)8(6)10(13)14-5/h2-3,5-8H,4H2,1H3,(H,11,12)/t5-,6-,7-,8+/m1/s1. The molecule has 1 heterocycles. The fourth-order valence-corrected chi connectivity index (χ4v) is 2.28. The molecule has 4 atom stereocenters. The van der Waals surface area contributed by atoms with Crippen molar-refractivity contribution in [2.75, 3.05) is 0 Å². The summed E-state index contributed by atoms with van der Waals surface area (Å²) in [4.78, 5) is 22.3. The van der Waals surface area contributed by atoms with Crippen LogP contribution in [0.1, 0.15) is 13.3 Å². The number of hydrogen-bond donors (Lipinski definition) is 1. The number of carbonyl (C=O) groups excluding carboxylic acids is 1. The van der Waals surface area contributed by atoms with E-state index < -0.39 is 17.8 Å². The van der Waals surface area contributed by atoms with Gasteiger partial charge < -0.3 is 9.84 Å². The number of allylic oxidation sites excluding steroid dienone is 1. The minimum Gasteiger partial charge on any atom is -0.481 e. The lowest BCUT2D eigenvalue weighted by atomic mass is 9.75. The normalized spacial score (nSPS) is 40.5. The van der Waals surface area contributed by atoms with Gasteiger partial charge in [0.25, 0.3) is 0 Å². The van der Waals surface area contributed by atoms with Crippen LogP contribution < -0.4 is 0 Å². The molecule has 76 valence electrons. The van der Waals surface area contributed by atoms with E-state index >= 15 is 0 Å². The monoisotopic (exact) mass is 196 g/mol. The lowest BCUT2D eigenvalue weighted by Crippen LogP contribution is -2.33. The number of carbonyl (C=O) groups is 2. The lowest BCUT2D eigenvalue weighted by molar-refractivity contribution is -0.152. The molecule has 1 aliphatic heterocycles. The number of ether oxygens (including phenoxy) is 1. The summed E-state index contributed by atoms with van der Waals surface area (Å²) in [6, 6.07) is 0. The number of carboxylic acid groups (broad SMARTS) is 1. The van der Waals surface area contributed by atoms with Gasteiger partial charge >= 0.3 is 11.9 Å². The topological polar surface area (TPSA) is 63.6 Å². The van der Waals surface area contributed by atoms with Crippen LogP contribution in [0.4, 0.5) is 0 Å². The van der Waals surface area contributed by atoms with Crippen LogP contribution >= 0.6 is 0 Å².